The number of nitrogen functional groups attached to an aromatic ring is 1. The number of nitrogens with zero attached hydrogens (tertiary/aromatic N) is 5. The molecule has 1 saturated heterocycles. The van der Waals surface area contributed by atoms with Gasteiger partial charge in [0.1, 0.15) is 23.3 Å². The molecule has 164 valence electrons. The predicted molar refractivity (Wildman–Crippen MR) is 123 cm³/mol. The minimum atomic E-state index is -0.299. The van der Waals surface area contributed by atoms with E-state index < -0.39 is 0 Å². The number of fused-ring (bicyclic) bond motifs is 1. The molecular formula is C24H20N6O3. The van der Waals surface area contributed by atoms with E-state index in [0.717, 1.165) is 0 Å². The van der Waals surface area contributed by atoms with Crippen LogP contribution in [0.5, 0.6) is 11.5 Å². The summed E-state index contributed by atoms with van der Waals surface area (Å²) in [5, 5.41) is 0. The summed E-state index contributed by atoms with van der Waals surface area (Å²) in [6, 6.07) is 16.3. The summed E-state index contributed by atoms with van der Waals surface area (Å²) in [6.45, 7) is 2.36. The van der Waals surface area contributed by atoms with Crippen LogP contribution in [-0.4, -0.2) is 43.0 Å². The van der Waals surface area contributed by atoms with Gasteiger partial charge in [-0.2, -0.15) is 0 Å². The Morgan fingerprint density at radius 1 is 1.06 bits per heavy atom. The number of aromatic nitrogens is 4. The zero-order valence-corrected chi connectivity index (χ0v) is 17.8. The van der Waals surface area contributed by atoms with E-state index in [2.05, 4.69) is 21.8 Å². The van der Waals surface area contributed by atoms with E-state index in [-0.39, 0.29) is 23.5 Å². The molecule has 0 spiro atoms. The molecule has 2 aromatic carbocycles. The summed E-state index contributed by atoms with van der Waals surface area (Å²) in [5.74, 6) is 6.42. The van der Waals surface area contributed by atoms with E-state index in [9.17, 15) is 9.59 Å². The first-order valence-corrected chi connectivity index (χ1v) is 10.3. The summed E-state index contributed by atoms with van der Waals surface area (Å²) < 4.78 is 8.91. The fourth-order valence-corrected chi connectivity index (χ4v) is 3.89. The van der Waals surface area contributed by atoms with Crippen LogP contribution >= 0.6 is 0 Å². The van der Waals surface area contributed by atoms with Gasteiger partial charge in [-0.15, -0.1) is 0 Å². The first-order valence-electron chi connectivity index (χ1n) is 10.3. The summed E-state index contributed by atoms with van der Waals surface area (Å²) in [7, 11) is 0. The molecule has 0 aliphatic carbocycles. The Morgan fingerprint density at radius 2 is 1.76 bits per heavy atom. The van der Waals surface area contributed by atoms with Crippen LogP contribution in [0, 0.1) is 11.8 Å². The molecule has 1 fully saturated rings. The first-order chi connectivity index (χ1) is 16.1. The topological polar surface area (TPSA) is 108 Å². The van der Waals surface area contributed by atoms with E-state index in [4.69, 9.17) is 10.5 Å². The second-order valence-corrected chi connectivity index (χ2v) is 7.57. The van der Waals surface area contributed by atoms with Crippen molar-refractivity contribution in [2.45, 2.75) is 13.0 Å². The summed E-state index contributed by atoms with van der Waals surface area (Å²) in [6.07, 6.45) is 1.33. The smallest absolute Gasteiger partial charge is 0.335 e. The molecule has 1 aliphatic heterocycles. The Labute approximate surface area is 189 Å². The number of hydrogen-bond acceptors (Lipinski definition) is 6. The number of imidazole rings is 1. The van der Waals surface area contributed by atoms with Crippen LogP contribution in [0.2, 0.25) is 0 Å². The molecule has 2 aromatic heterocycles. The molecule has 2 N–H and O–H groups in total. The minimum Gasteiger partial charge on any atom is -0.457 e. The Morgan fingerprint density at radius 3 is 2.45 bits per heavy atom. The van der Waals surface area contributed by atoms with Gasteiger partial charge in [-0.1, -0.05) is 24.1 Å². The largest absolute Gasteiger partial charge is 0.457 e. The van der Waals surface area contributed by atoms with E-state index >= 15 is 0 Å². The van der Waals surface area contributed by atoms with E-state index in [1.165, 1.54) is 10.9 Å². The normalized spacial score (nSPS) is 13.3. The van der Waals surface area contributed by atoms with E-state index in [1.807, 2.05) is 30.3 Å². The highest BCUT2D eigenvalue weighted by molar-refractivity contribution is 5.94. The van der Waals surface area contributed by atoms with Crippen LogP contribution in [0.4, 0.5) is 5.82 Å². The molecule has 9 nitrogen and oxygen atoms in total. The maximum atomic E-state index is 13.5. The van der Waals surface area contributed by atoms with Crippen LogP contribution in [0.3, 0.4) is 0 Å². The van der Waals surface area contributed by atoms with Crippen molar-refractivity contribution in [3.8, 4) is 29.0 Å². The number of benzene rings is 2. The Kier molecular flexibility index (Phi) is 5.03. The van der Waals surface area contributed by atoms with Gasteiger partial charge in [-0.3, -0.25) is 13.9 Å². The number of anilines is 1. The van der Waals surface area contributed by atoms with E-state index in [0.29, 0.717) is 41.4 Å². The number of rotatable bonds is 4. The van der Waals surface area contributed by atoms with Crippen LogP contribution < -0.4 is 16.2 Å². The van der Waals surface area contributed by atoms with E-state index in [1.54, 1.807) is 40.7 Å². The van der Waals surface area contributed by atoms with Crippen molar-refractivity contribution in [3.63, 3.8) is 0 Å². The summed E-state index contributed by atoms with van der Waals surface area (Å²) in [5.41, 5.74) is 7.31. The Bertz CT molecular complexity index is 1460. The monoisotopic (exact) mass is 440 g/mol. The molecule has 33 heavy (non-hydrogen) atoms. The number of para-hydroxylation sites is 1. The lowest BCUT2D eigenvalue weighted by atomic mass is 10.1. The molecule has 0 atom stereocenters. The predicted octanol–water partition coefficient (Wildman–Crippen LogP) is 2.36. The van der Waals surface area contributed by atoms with Gasteiger partial charge < -0.3 is 15.4 Å². The van der Waals surface area contributed by atoms with Gasteiger partial charge >= 0.3 is 5.69 Å². The molecule has 0 unspecified atom stereocenters. The second-order valence-electron chi connectivity index (χ2n) is 7.57. The van der Waals surface area contributed by atoms with Crippen molar-refractivity contribution < 1.29 is 9.53 Å². The highest BCUT2D eigenvalue weighted by Crippen LogP contribution is 2.28. The average Bonchev–Trinajstić information content (AvgIpc) is 3.08. The van der Waals surface area contributed by atoms with Gasteiger partial charge in [-0.25, -0.2) is 14.8 Å². The summed E-state index contributed by atoms with van der Waals surface area (Å²) >= 11 is 0. The maximum Gasteiger partial charge on any atom is 0.335 e. The third kappa shape index (κ3) is 3.57. The van der Waals surface area contributed by atoms with Gasteiger partial charge in [0, 0.05) is 13.1 Å². The van der Waals surface area contributed by atoms with Crippen molar-refractivity contribution in [2.24, 2.45) is 0 Å². The molecular weight excluding hydrogens is 420 g/mol. The van der Waals surface area contributed by atoms with Gasteiger partial charge in [0.05, 0.1) is 11.7 Å². The number of ether oxygens (including phenoxy) is 1. The van der Waals surface area contributed by atoms with Crippen LogP contribution in [0.25, 0.3) is 16.9 Å². The van der Waals surface area contributed by atoms with Crippen LogP contribution in [0.15, 0.2) is 65.7 Å². The van der Waals surface area contributed by atoms with Gasteiger partial charge in [-0.05, 0) is 49.2 Å². The highest BCUT2D eigenvalue weighted by Gasteiger charge is 2.35. The zero-order valence-electron chi connectivity index (χ0n) is 17.8. The average molecular weight is 440 g/mol. The number of carbonyl (C=O) groups is 1. The fraction of sp³-hybridized carbons (Fsp3) is 0.167. The van der Waals surface area contributed by atoms with Crippen molar-refractivity contribution >= 4 is 22.9 Å². The Hall–Kier alpha value is -4.58. The van der Waals surface area contributed by atoms with Crippen molar-refractivity contribution in [1.82, 2.24) is 24.0 Å². The van der Waals surface area contributed by atoms with Gasteiger partial charge in [0.25, 0.3) is 5.91 Å². The molecule has 1 aliphatic rings. The molecule has 3 heterocycles. The van der Waals surface area contributed by atoms with Gasteiger partial charge in [0.2, 0.25) is 0 Å². The number of hydrogen-bond donors (Lipinski definition) is 1. The zero-order chi connectivity index (χ0) is 22.9. The SMILES string of the molecule is CC#CC(=O)N1CC(n2c(=O)n(-c3ccc(Oc4ccccc4)cc3)c3c(N)ncnc32)C1. The molecule has 0 bridgehead atoms. The Balaban J connectivity index is 1.51. The first kappa shape index (κ1) is 20.3. The third-order valence-electron chi connectivity index (χ3n) is 5.50. The number of nitrogens with two attached hydrogens (primary N) is 1. The lowest BCUT2D eigenvalue weighted by molar-refractivity contribution is -0.130. The quantitative estimate of drug-likeness (QED) is 0.488. The van der Waals surface area contributed by atoms with Crippen LogP contribution in [0.1, 0.15) is 13.0 Å². The lowest BCUT2D eigenvalue weighted by Gasteiger charge is -2.38. The van der Waals surface area contributed by atoms with Crippen molar-refractivity contribution in [2.75, 3.05) is 18.8 Å². The maximum absolute atomic E-state index is 13.5. The standard InChI is InChI=1S/C24H20N6O3/c1-2-6-20(31)28-13-17(14-28)30-23-21(22(25)26-15-27-23)29(24(30)32)16-9-11-19(12-10-16)33-18-7-4-3-5-8-18/h3-5,7-12,15,17H,13-14H2,1H3,(H2,25,26,27). The number of amides is 1. The molecule has 0 radical (unpaired) electrons. The molecule has 1 amide bonds. The van der Waals surface area contributed by atoms with Gasteiger partial charge in [0.15, 0.2) is 11.5 Å². The van der Waals surface area contributed by atoms with Crippen LogP contribution in [-0.2, 0) is 4.79 Å². The van der Waals surface area contributed by atoms with Crippen molar-refractivity contribution in [1.29, 1.82) is 0 Å². The molecule has 0 saturated carbocycles. The molecule has 9 heteroatoms. The molecule has 5 rings (SSSR count). The second kappa shape index (κ2) is 8.16. The minimum absolute atomic E-state index is 0.199. The molecule has 4 aromatic rings. The summed E-state index contributed by atoms with van der Waals surface area (Å²) in [4.78, 5) is 35.5. The van der Waals surface area contributed by atoms with Crippen molar-refractivity contribution in [3.05, 3.63) is 71.4 Å². The highest BCUT2D eigenvalue weighted by atomic mass is 16.5. The fourth-order valence-electron chi connectivity index (χ4n) is 3.89. The number of carbonyl (C=O) groups excluding carboxylic acids is 1. The third-order valence-corrected chi connectivity index (χ3v) is 5.50. The number of likely N-dealkylation sites (tertiary alicyclic amines) is 1. The lowest BCUT2D eigenvalue weighted by Crippen LogP contribution is -2.52.